The van der Waals surface area contributed by atoms with E-state index in [-0.39, 0.29) is 12.2 Å². The van der Waals surface area contributed by atoms with Crippen LogP contribution in [0.4, 0.5) is 0 Å². The zero-order valence-electron chi connectivity index (χ0n) is 13.6. The summed E-state index contributed by atoms with van der Waals surface area (Å²) in [6.07, 6.45) is 0.874. The van der Waals surface area contributed by atoms with Crippen LogP contribution in [0, 0.1) is 0 Å². The fourth-order valence-electron chi connectivity index (χ4n) is 3.62. The van der Waals surface area contributed by atoms with Gasteiger partial charge in [0.15, 0.2) is 11.4 Å². The number of fused-ring (bicyclic) bond motifs is 2. The zero-order valence-corrected chi connectivity index (χ0v) is 14.3. The first-order valence-electron chi connectivity index (χ1n) is 8.26. The summed E-state index contributed by atoms with van der Waals surface area (Å²) in [4.78, 5) is 13.2. The minimum absolute atomic E-state index is 0.149. The number of carbonyl (C=O) groups excluding carboxylic acids is 1. The molecule has 0 amide bonds. The lowest BCUT2D eigenvalue weighted by molar-refractivity contribution is -0.133. The number of Topliss-reactive ketones (excluding diaryl/α,β-unsaturated/α-hetero) is 1. The molecule has 4 rings (SSSR count). The number of ketones is 1. The van der Waals surface area contributed by atoms with Gasteiger partial charge in [-0.1, -0.05) is 72.3 Å². The Hall–Kier alpha value is -2.42. The number of halogens is 1. The van der Waals surface area contributed by atoms with E-state index in [9.17, 15) is 9.90 Å². The molecule has 0 bridgehead atoms. The van der Waals surface area contributed by atoms with E-state index in [1.54, 1.807) is 12.1 Å². The molecule has 0 atom stereocenters. The van der Waals surface area contributed by atoms with E-state index in [0.717, 1.165) is 23.1 Å². The first-order chi connectivity index (χ1) is 12.1. The van der Waals surface area contributed by atoms with Crippen molar-refractivity contribution in [1.82, 2.24) is 0 Å². The van der Waals surface area contributed by atoms with Gasteiger partial charge in [-0.2, -0.15) is 0 Å². The van der Waals surface area contributed by atoms with Crippen LogP contribution in [0.15, 0.2) is 72.8 Å². The largest absolute Gasteiger partial charge is 0.373 e. The molecule has 25 heavy (non-hydrogen) atoms. The van der Waals surface area contributed by atoms with Gasteiger partial charge < -0.3 is 5.11 Å². The lowest BCUT2D eigenvalue weighted by Gasteiger charge is -2.35. The van der Waals surface area contributed by atoms with Crippen LogP contribution in [0.5, 0.6) is 0 Å². The number of carbonyl (C=O) groups is 1. The molecule has 0 saturated heterocycles. The summed E-state index contributed by atoms with van der Waals surface area (Å²) < 4.78 is 0. The Kier molecular flexibility index (Phi) is 3.95. The van der Waals surface area contributed by atoms with E-state index < -0.39 is 5.60 Å². The molecular formula is C22H17ClO2. The number of aliphatic hydroxyl groups is 1. The van der Waals surface area contributed by atoms with Crippen molar-refractivity contribution in [3.8, 4) is 0 Å². The van der Waals surface area contributed by atoms with Gasteiger partial charge in [0.2, 0.25) is 0 Å². The number of hydrogen-bond donors (Lipinski definition) is 1. The van der Waals surface area contributed by atoms with Gasteiger partial charge in [-0.25, -0.2) is 0 Å². The van der Waals surface area contributed by atoms with Gasteiger partial charge in [0.05, 0.1) is 0 Å². The highest BCUT2D eigenvalue weighted by Crippen LogP contribution is 2.41. The van der Waals surface area contributed by atoms with Crippen LogP contribution in [0.1, 0.15) is 27.8 Å². The molecule has 0 saturated carbocycles. The Morgan fingerprint density at radius 2 is 1.40 bits per heavy atom. The predicted molar refractivity (Wildman–Crippen MR) is 98.9 cm³/mol. The van der Waals surface area contributed by atoms with Gasteiger partial charge in [-0.05, 0) is 46.4 Å². The normalized spacial score (nSPS) is 14.5. The first-order valence-corrected chi connectivity index (χ1v) is 8.63. The quantitative estimate of drug-likeness (QED) is 0.766. The van der Waals surface area contributed by atoms with Crippen molar-refractivity contribution in [3.05, 3.63) is 106 Å². The molecule has 0 fully saturated rings. The van der Waals surface area contributed by atoms with Crippen molar-refractivity contribution < 1.29 is 9.90 Å². The van der Waals surface area contributed by atoms with Crippen LogP contribution in [-0.4, -0.2) is 10.9 Å². The minimum Gasteiger partial charge on any atom is -0.373 e. The van der Waals surface area contributed by atoms with Crippen LogP contribution in [0.3, 0.4) is 0 Å². The van der Waals surface area contributed by atoms with Crippen LogP contribution in [-0.2, 0) is 23.2 Å². The molecule has 124 valence electrons. The van der Waals surface area contributed by atoms with Gasteiger partial charge in [-0.3, -0.25) is 4.79 Å². The van der Waals surface area contributed by atoms with E-state index in [1.165, 1.54) is 0 Å². The average Bonchev–Trinajstić information content (AvgIpc) is 2.64. The van der Waals surface area contributed by atoms with Crippen molar-refractivity contribution in [2.45, 2.75) is 18.4 Å². The van der Waals surface area contributed by atoms with E-state index in [0.29, 0.717) is 16.1 Å². The fourth-order valence-corrected chi connectivity index (χ4v) is 3.75. The molecule has 3 aromatic rings. The molecule has 1 aliphatic rings. The van der Waals surface area contributed by atoms with Crippen LogP contribution < -0.4 is 0 Å². The maximum Gasteiger partial charge on any atom is 0.177 e. The van der Waals surface area contributed by atoms with Gasteiger partial charge in [0.1, 0.15) is 0 Å². The standard InChI is InChI=1S/C22H17ClO2/c23-18-11-9-15(10-12-18)13-21(24)22(25)19-7-3-1-5-16(19)14-17-6-2-4-8-20(17)22/h1-12,25H,13-14H2. The monoisotopic (exact) mass is 348 g/mol. The summed E-state index contributed by atoms with van der Waals surface area (Å²) in [5.41, 5.74) is 2.58. The second kappa shape index (κ2) is 6.14. The summed E-state index contributed by atoms with van der Waals surface area (Å²) in [6, 6.07) is 22.4. The third-order valence-corrected chi connectivity index (χ3v) is 5.13. The lowest BCUT2D eigenvalue weighted by Crippen LogP contribution is -2.42. The SMILES string of the molecule is O=C(Cc1ccc(Cl)cc1)C1(O)c2ccccc2Cc2ccccc21. The maximum absolute atomic E-state index is 13.2. The smallest absolute Gasteiger partial charge is 0.177 e. The molecule has 1 aliphatic carbocycles. The number of benzene rings is 3. The summed E-state index contributed by atoms with van der Waals surface area (Å²) in [5.74, 6) is -0.227. The third-order valence-electron chi connectivity index (χ3n) is 4.88. The van der Waals surface area contributed by atoms with Crippen molar-refractivity contribution in [3.63, 3.8) is 0 Å². The van der Waals surface area contributed by atoms with Gasteiger partial charge in [0.25, 0.3) is 0 Å². The molecule has 0 heterocycles. The molecular weight excluding hydrogens is 332 g/mol. The van der Waals surface area contributed by atoms with Crippen molar-refractivity contribution in [1.29, 1.82) is 0 Å². The van der Waals surface area contributed by atoms with Crippen LogP contribution >= 0.6 is 11.6 Å². The highest BCUT2D eigenvalue weighted by Gasteiger charge is 2.44. The van der Waals surface area contributed by atoms with Crippen molar-refractivity contribution in [2.24, 2.45) is 0 Å². The Morgan fingerprint density at radius 1 is 0.880 bits per heavy atom. The Bertz CT molecular complexity index is 899. The lowest BCUT2D eigenvalue weighted by atomic mass is 9.71. The highest BCUT2D eigenvalue weighted by molar-refractivity contribution is 6.30. The van der Waals surface area contributed by atoms with Gasteiger partial charge in [-0.15, -0.1) is 0 Å². The molecule has 0 aliphatic heterocycles. The van der Waals surface area contributed by atoms with E-state index in [1.807, 2.05) is 60.7 Å². The second-order valence-electron chi connectivity index (χ2n) is 6.43. The Morgan fingerprint density at radius 3 is 1.96 bits per heavy atom. The fraction of sp³-hybridized carbons (Fsp3) is 0.136. The molecule has 0 unspecified atom stereocenters. The molecule has 0 radical (unpaired) electrons. The third kappa shape index (κ3) is 2.68. The summed E-state index contributed by atoms with van der Waals surface area (Å²) in [6.45, 7) is 0. The van der Waals surface area contributed by atoms with Crippen LogP contribution in [0.2, 0.25) is 5.02 Å². The number of rotatable bonds is 3. The second-order valence-corrected chi connectivity index (χ2v) is 6.86. The predicted octanol–water partition coefficient (Wildman–Crippen LogP) is 4.29. The van der Waals surface area contributed by atoms with Crippen molar-refractivity contribution >= 4 is 17.4 Å². The van der Waals surface area contributed by atoms with E-state index in [4.69, 9.17) is 11.6 Å². The van der Waals surface area contributed by atoms with E-state index >= 15 is 0 Å². The summed E-state index contributed by atoms with van der Waals surface area (Å²) in [5, 5.41) is 12.2. The van der Waals surface area contributed by atoms with Gasteiger partial charge >= 0.3 is 0 Å². The maximum atomic E-state index is 13.2. The Labute approximate surface area is 151 Å². The molecule has 3 heteroatoms. The summed E-state index contributed by atoms with van der Waals surface area (Å²) >= 11 is 5.92. The van der Waals surface area contributed by atoms with E-state index in [2.05, 4.69) is 0 Å². The Balaban J connectivity index is 1.81. The van der Waals surface area contributed by atoms with Crippen LogP contribution in [0.25, 0.3) is 0 Å². The molecule has 0 spiro atoms. The molecule has 2 nitrogen and oxygen atoms in total. The molecule has 1 N–H and O–H groups in total. The summed E-state index contributed by atoms with van der Waals surface area (Å²) in [7, 11) is 0. The zero-order chi connectivity index (χ0) is 17.4. The topological polar surface area (TPSA) is 37.3 Å². The minimum atomic E-state index is -1.62. The average molecular weight is 349 g/mol. The molecule has 0 aromatic heterocycles. The first kappa shape index (κ1) is 16.1. The highest BCUT2D eigenvalue weighted by atomic mass is 35.5. The van der Waals surface area contributed by atoms with Crippen molar-refractivity contribution in [2.75, 3.05) is 0 Å². The molecule has 3 aromatic carbocycles. The van der Waals surface area contributed by atoms with Gasteiger partial charge in [0, 0.05) is 11.4 Å². The number of hydrogen-bond acceptors (Lipinski definition) is 2.